The van der Waals surface area contributed by atoms with E-state index in [0.29, 0.717) is 17.9 Å². The molecule has 0 aliphatic heterocycles. The number of nitrogens with one attached hydrogen (secondary N) is 1. The zero-order chi connectivity index (χ0) is 15.2. The Bertz CT molecular complexity index is 648. The molecule has 2 aromatic rings. The number of halogens is 2. The number of thioether (sulfide) groups is 1. The Morgan fingerprint density at radius 1 is 1.29 bits per heavy atom. The van der Waals surface area contributed by atoms with Crippen LogP contribution in [-0.2, 0) is 11.3 Å². The van der Waals surface area contributed by atoms with Crippen molar-refractivity contribution in [3.63, 3.8) is 0 Å². The summed E-state index contributed by atoms with van der Waals surface area (Å²) in [6, 6.07) is 12.7. The number of rotatable bonds is 5. The normalized spacial score (nSPS) is 10.4. The summed E-state index contributed by atoms with van der Waals surface area (Å²) in [6.45, 7) is 2.05. The fraction of sp³-hybridized carbons (Fsp3) is 0.188. The van der Waals surface area contributed by atoms with Gasteiger partial charge in [-0.15, -0.1) is 11.8 Å². The first kappa shape index (κ1) is 16.0. The zero-order valence-electron chi connectivity index (χ0n) is 11.5. The van der Waals surface area contributed by atoms with E-state index in [4.69, 9.17) is 0 Å². The lowest BCUT2D eigenvalue weighted by molar-refractivity contribution is -0.118. The van der Waals surface area contributed by atoms with Gasteiger partial charge in [0.05, 0.1) is 5.75 Å². The molecule has 2 nitrogen and oxygen atoms in total. The van der Waals surface area contributed by atoms with E-state index in [2.05, 4.69) is 21.2 Å². The number of hydrogen-bond donors (Lipinski definition) is 1. The molecule has 0 unspecified atom stereocenters. The maximum absolute atomic E-state index is 13.4. The molecule has 0 aliphatic carbocycles. The Kier molecular flexibility index (Phi) is 5.82. The Morgan fingerprint density at radius 3 is 2.76 bits per heavy atom. The molecule has 110 valence electrons. The number of carbonyl (C=O) groups is 1. The first-order valence-corrected chi connectivity index (χ1v) is 8.23. The second-order valence-corrected chi connectivity index (χ2v) is 6.45. The van der Waals surface area contributed by atoms with Gasteiger partial charge < -0.3 is 5.32 Å². The Hall–Kier alpha value is -1.33. The van der Waals surface area contributed by atoms with Crippen molar-refractivity contribution in [1.82, 2.24) is 5.32 Å². The van der Waals surface area contributed by atoms with Gasteiger partial charge in [-0.1, -0.05) is 24.3 Å². The lowest BCUT2D eigenvalue weighted by Gasteiger charge is -2.07. The van der Waals surface area contributed by atoms with Crippen molar-refractivity contribution >= 4 is 33.6 Å². The SMILES string of the molecule is Cc1ccc(CNC(=O)CSc2ccccc2Br)cc1F. The molecular formula is C16H15BrFNOS. The van der Waals surface area contributed by atoms with Crippen LogP contribution < -0.4 is 5.32 Å². The fourth-order valence-corrected chi connectivity index (χ4v) is 3.10. The molecular weight excluding hydrogens is 353 g/mol. The number of amides is 1. The van der Waals surface area contributed by atoms with Crippen molar-refractivity contribution in [1.29, 1.82) is 0 Å². The zero-order valence-corrected chi connectivity index (χ0v) is 13.9. The van der Waals surface area contributed by atoms with Gasteiger partial charge in [-0.3, -0.25) is 4.79 Å². The van der Waals surface area contributed by atoms with Gasteiger partial charge in [0.25, 0.3) is 0 Å². The van der Waals surface area contributed by atoms with E-state index in [0.717, 1.165) is 14.9 Å². The monoisotopic (exact) mass is 367 g/mol. The fourth-order valence-electron chi connectivity index (χ4n) is 1.70. The van der Waals surface area contributed by atoms with E-state index in [1.807, 2.05) is 30.3 Å². The third-order valence-corrected chi connectivity index (χ3v) is 4.95. The molecule has 0 spiro atoms. The minimum Gasteiger partial charge on any atom is -0.351 e. The van der Waals surface area contributed by atoms with Crippen molar-refractivity contribution in [3.8, 4) is 0 Å². The third kappa shape index (κ3) is 4.86. The second-order valence-electron chi connectivity index (χ2n) is 4.58. The van der Waals surface area contributed by atoms with Crippen molar-refractivity contribution in [2.75, 3.05) is 5.75 Å². The van der Waals surface area contributed by atoms with Gasteiger partial charge in [-0.05, 0) is 52.2 Å². The van der Waals surface area contributed by atoms with Crippen LogP contribution in [0.4, 0.5) is 4.39 Å². The highest BCUT2D eigenvalue weighted by atomic mass is 79.9. The lowest BCUT2D eigenvalue weighted by atomic mass is 10.1. The van der Waals surface area contributed by atoms with Crippen LogP contribution in [0.1, 0.15) is 11.1 Å². The highest BCUT2D eigenvalue weighted by Gasteiger charge is 2.06. The number of hydrogen-bond acceptors (Lipinski definition) is 2. The summed E-state index contributed by atoms with van der Waals surface area (Å²) in [5.74, 6) is 0.0119. The molecule has 0 atom stereocenters. The summed E-state index contributed by atoms with van der Waals surface area (Å²) in [7, 11) is 0. The second kappa shape index (κ2) is 7.61. The predicted octanol–water partition coefficient (Wildman–Crippen LogP) is 4.31. The van der Waals surface area contributed by atoms with Crippen LogP contribution in [-0.4, -0.2) is 11.7 Å². The number of benzene rings is 2. The predicted molar refractivity (Wildman–Crippen MR) is 87.8 cm³/mol. The number of carbonyl (C=O) groups excluding carboxylic acids is 1. The summed E-state index contributed by atoms with van der Waals surface area (Å²) in [4.78, 5) is 12.8. The smallest absolute Gasteiger partial charge is 0.230 e. The molecule has 21 heavy (non-hydrogen) atoms. The Morgan fingerprint density at radius 2 is 2.05 bits per heavy atom. The first-order valence-electron chi connectivity index (χ1n) is 6.45. The topological polar surface area (TPSA) is 29.1 Å². The van der Waals surface area contributed by atoms with E-state index in [9.17, 15) is 9.18 Å². The van der Waals surface area contributed by atoms with Crippen molar-refractivity contribution < 1.29 is 9.18 Å². The molecule has 0 aromatic heterocycles. The lowest BCUT2D eigenvalue weighted by Crippen LogP contribution is -2.24. The van der Waals surface area contributed by atoms with Crippen LogP contribution >= 0.6 is 27.7 Å². The molecule has 0 radical (unpaired) electrons. The maximum Gasteiger partial charge on any atom is 0.230 e. The van der Waals surface area contributed by atoms with E-state index in [1.54, 1.807) is 13.0 Å². The van der Waals surface area contributed by atoms with Crippen molar-refractivity contribution in [2.24, 2.45) is 0 Å². The minimum absolute atomic E-state index is 0.0725. The molecule has 0 heterocycles. The molecule has 1 N–H and O–H groups in total. The van der Waals surface area contributed by atoms with Crippen LogP contribution in [0.3, 0.4) is 0 Å². The highest BCUT2D eigenvalue weighted by molar-refractivity contribution is 9.10. The average Bonchev–Trinajstić information content (AvgIpc) is 2.47. The molecule has 1 amide bonds. The van der Waals surface area contributed by atoms with Gasteiger partial charge in [-0.25, -0.2) is 4.39 Å². The standard InChI is InChI=1S/C16H15BrFNOS/c1-11-6-7-12(8-14(11)18)9-19-16(20)10-21-15-5-3-2-4-13(15)17/h2-8H,9-10H2,1H3,(H,19,20). The van der Waals surface area contributed by atoms with Crippen molar-refractivity contribution in [2.45, 2.75) is 18.4 Å². The molecule has 2 rings (SSSR count). The summed E-state index contributed by atoms with van der Waals surface area (Å²) in [6.07, 6.45) is 0. The quantitative estimate of drug-likeness (QED) is 0.797. The largest absolute Gasteiger partial charge is 0.351 e. The molecule has 0 bridgehead atoms. The summed E-state index contributed by atoms with van der Waals surface area (Å²) in [5, 5.41) is 2.79. The van der Waals surface area contributed by atoms with Crippen LogP contribution in [0.25, 0.3) is 0 Å². The van der Waals surface area contributed by atoms with Gasteiger partial charge >= 0.3 is 0 Å². The molecule has 0 aliphatic rings. The van der Waals surface area contributed by atoms with Crippen LogP contribution in [0, 0.1) is 12.7 Å². The molecule has 0 fully saturated rings. The van der Waals surface area contributed by atoms with E-state index >= 15 is 0 Å². The van der Waals surface area contributed by atoms with Gasteiger partial charge in [0, 0.05) is 15.9 Å². The number of aryl methyl sites for hydroxylation is 1. The van der Waals surface area contributed by atoms with Gasteiger partial charge in [0.1, 0.15) is 5.82 Å². The van der Waals surface area contributed by atoms with Crippen LogP contribution in [0.5, 0.6) is 0 Å². The Balaban J connectivity index is 1.82. The van der Waals surface area contributed by atoms with Gasteiger partial charge in [-0.2, -0.15) is 0 Å². The first-order chi connectivity index (χ1) is 10.1. The third-order valence-electron chi connectivity index (χ3n) is 2.92. The molecule has 0 saturated heterocycles. The highest BCUT2D eigenvalue weighted by Crippen LogP contribution is 2.26. The maximum atomic E-state index is 13.4. The summed E-state index contributed by atoms with van der Waals surface area (Å²) < 4.78 is 14.4. The van der Waals surface area contributed by atoms with E-state index in [-0.39, 0.29) is 11.7 Å². The van der Waals surface area contributed by atoms with E-state index < -0.39 is 0 Å². The van der Waals surface area contributed by atoms with Crippen LogP contribution in [0.15, 0.2) is 51.8 Å². The van der Waals surface area contributed by atoms with Gasteiger partial charge in [0.15, 0.2) is 0 Å². The Labute approximate surface area is 136 Å². The van der Waals surface area contributed by atoms with Crippen molar-refractivity contribution in [3.05, 3.63) is 63.9 Å². The average molecular weight is 368 g/mol. The summed E-state index contributed by atoms with van der Waals surface area (Å²) >= 11 is 4.91. The molecule has 0 saturated carbocycles. The summed E-state index contributed by atoms with van der Waals surface area (Å²) in [5.41, 5.74) is 1.37. The van der Waals surface area contributed by atoms with Gasteiger partial charge in [0.2, 0.25) is 5.91 Å². The van der Waals surface area contributed by atoms with E-state index in [1.165, 1.54) is 17.8 Å². The van der Waals surface area contributed by atoms with Crippen LogP contribution in [0.2, 0.25) is 0 Å². The molecule has 2 aromatic carbocycles. The minimum atomic E-state index is -0.246. The molecule has 5 heteroatoms.